The van der Waals surface area contributed by atoms with Crippen LogP contribution in [0.1, 0.15) is 0 Å². The molecule has 41 valence electrons. The maximum absolute atomic E-state index is 11.5. The van der Waals surface area contributed by atoms with Crippen molar-refractivity contribution in [2.45, 2.75) is 0 Å². The Balaban J connectivity index is 3.56. The minimum atomic E-state index is -0.989. The van der Waals surface area contributed by atoms with E-state index in [1.165, 1.54) is 0 Å². The summed E-state index contributed by atoms with van der Waals surface area (Å²) < 4.78 is 11.5. The fourth-order valence-corrected chi connectivity index (χ4v) is 0.247. The summed E-state index contributed by atoms with van der Waals surface area (Å²) >= 11 is 14.6. The van der Waals surface area contributed by atoms with Crippen molar-refractivity contribution in [1.82, 2.24) is 0 Å². The standard InChI is InChI=1S/C3HCl3F/c4-1-2(5)3(6)7/h1H. The van der Waals surface area contributed by atoms with Crippen LogP contribution in [0.5, 0.6) is 0 Å². The van der Waals surface area contributed by atoms with Crippen LogP contribution >= 0.6 is 34.8 Å². The second-order valence-electron chi connectivity index (χ2n) is 0.717. The second kappa shape index (κ2) is 3.53. The fourth-order valence-electron chi connectivity index (χ4n) is 0.0412. The van der Waals surface area contributed by atoms with E-state index >= 15 is 0 Å². The van der Waals surface area contributed by atoms with E-state index in [9.17, 15) is 4.39 Å². The molecular weight excluding hydrogens is 161 g/mol. The van der Waals surface area contributed by atoms with Gasteiger partial charge in [-0.1, -0.05) is 34.8 Å². The van der Waals surface area contributed by atoms with Crippen LogP contribution in [-0.2, 0) is 0 Å². The van der Waals surface area contributed by atoms with Crippen LogP contribution in [0.4, 0.5) is 4.39 Å². The van der Waals surface area contributed by atoms with Crippen molar-refractivity contribution in [2.75, 3.05) is 0 Å². The van der Waals surface area contributed by atoms with Crippen molar-refractivity contribution in [3.63, 3.8) is 0 Å². The molecule has 0 rings (SSSR count). The smallest absolute Gasteiger partial charge is 0.214 e. The Kier molecular flexibility index (Phi) is 3.80. The summed E-state index contributed by atoms with van der Waals surface area (Å²) in [5.41, 5.74) is -0.138. The summed E-state index contributed by atoms with van der Waals surface area (Å²) in [5.74, 6) is 0. The van der Waals surface area contributed by atoms with Gasteiger partial charge in [0.15, 0.2) is 0 Å². The average molecular weight is 162 g/mol. The molecule has 0 saturated heterocycles. The first kappa shape index (κ1) is 7.54. The Morgan fingerprint density at radius 2 is 1.86 bits per heavy atom. The van der Waals surface area contributed by atoms with Gasteiger partial charge in [-0.3, -0.25) is 0 Å². The van der Waals surface area contributed by atoms with Gasteiger partial charge in [0, 0.05) is 5.54 Å². The molecular formula is C3HCl3F. The zero-order valence-corrected chi connectivity index (χ0v) is 5.36. The molecule has 0 fully saturated rings. The van der Waals surface area contributed by atoms with Crippen LogP contribution in [0.25, 0.3) is 0 Å². The van der Waals surface area contributed by atoms with Gasteiger partial charge >= 0.3 is 0 Å². The van der Waals surface area contributed by atoms with E-state index in [0.717, 1.165) is 5.54 Å². The predicted octanol–water partition coefficient (Wildman–Crippen LogP) is 3.00. The van der Waals surface area contributed by atoms with Crippen LogP contribution in [0.2, 0.25) is 0 Å². The number of allylic oxidation sites excluding steroid dienone is 1. The van der Waals surface area contributed by atoms with Gasteiger partial charge in [0.2, 0.25) is 0 Å². The third kappa shape index (κ3) is 3.15. The molecule has 0 heterocycles. The lowest BCUT2D eigenvalue weighted by molar-refractivity contribution is 0.618. The van der Waals surface area contributed by atoms with Gasteiger partial charge in [0.05, 0.1) is 5.03 Å². The molecule has 0 aromatic rings. The van der Waals surface area contributed by atoms with E-state index in [1.54, 1.807) is 0 Å². The molecule has 1 radical (unpaired) electrons. The molecule has 0 aromatic heterocycles. The Hall–Kier alpha value is 0.540. The molecule has 0 spiro atoms. The summed E-state index contributed by atoms with van der Waals surface area (Å²) in [7, 11) is 0. The molecule has 0 bridgehead atoms. The summed E-state index contributed by atoms with van der Waals surface area (Å²) in [5, 5.41) is -0.275. The first-order valence-electron chi connectivity index (χ1n) is 1.32. The lowest BCUT2D eigenvalue weighted by Gasteiger charge is -1.87. The molecule has 0 nitrogen and oxygen atoms in total. The minimum absolute atomic E-state index is 0.275. The number of hydrogen-bond acceptors (Lipinski definition) is 0. The predicted molar refractivity (Wildman–Crippen MR) is 30.0 cm³/mol. The van der Waals surface area contributed by atoms with Crippen molar-refractivity contribution >= 4 is 34.8 Å². The fraction of sp³-hybridized carbons (Fsp3) is 0. The van der Waals surface area contributed by atoms with E-state index in [-0.39, 0.29) is 5.03 Å². The highest BCUT2D eigenvalue weighted by Gasteiger charge is 2.05. The van der Waals surface area contributed by atoms with Gasteiger partial charge in [-0.05, 0) is 0 Å². The highest BCUT2D eigenvalue weighted by molar-refractivity contribution is 6.44. The van der Waals surface area contributed by atoms with E-state index < -0.39 is 5.63 Å². The van der Waals surface area contributed by atoms with Gasteiger partial charge in [0.25, 0.3) is 5.63 Å². The first-order valence-corrected chi connectivity index (χ1v) is 2.52. The third-order valence-electron chi connectivity index (χ3n) is 0.276. The maximum atomic E-state index is 11.5. The SMILES string of the molecule is F[C](Cl)C(Cl)=CCl. The van der Waals surface area contributed by atoms with Crippen molar-refractivity contribution in [1.29, 1.82) is 0 Å². The van der Waals surface area contributed by atoms with E-state index in [4.69, 9.17) is 34.8 Å². The van der Waals surface area contributed by atoms with Crippen LogP contribution in [0.15, 0.2) is 10.6 Å². The van der Waals surface area contributed by atoms with Crippen LogP contribution < -0.4 is 0 Å². The van der Waals surface area contributed by atoms with Crippen molar-refractivity contribution < 1.29 is 4.39 Å². The van der Waals surface area contributed by atoms with Crippen LogP contribution in [0, 0.1) is 5.63 Å². The third-order valence-corrected chi connectivity index (χ3v) is 1.18. The molecule has 0 aliphatic rings. The number of hydrogen-bond donors (Lipinski definition) is 0. The summed E-state index contributed by atoms with van der Waals surface area (Å²) in [4.78, 5) is 0. The lowest BCUT2D eigenvalue weighted by Crippen LogP contribution is -1.71. The highest BCUT2D eigenvalue weighted by atomic mass is 35.5. The van der Waals surface area contributed by atoms with E-state index in [0.29, 0.717) is 0 Å². The van der Waals surface area contributed by atoms with Crippen molar-refractivity contribution in [2.24, 2.45) is 0 Å². The van der Waals surface area contributed by atoms with E-state index in [1.807, 2.05) is 0 Å². The molecule has 0 aromatic carbocycles. The summed E-state index contributed by atoms with van der Waals surface area (Å²) in [6.45, 7) is 0. The first-order chi connectivity index (χ1) is 3.18. The average Bonchev–Trinajstić information content (AvgIpc) is 1.65. The summed E-state index contributed by atoms with van der Waals surface area (Å²) in [6.07, 6.45) is 0. The topological polar surface area (TPSA) is 0 Å². The molecule has 0 N–H and O–H groups in total. The summed E-state index contributed by atoms with van der Waals surface area (Å²) in [6, 6.07) is 0. The maximum Gasteiger partial charge on any atom is 0.273 e. The Morgan fingerprint density at radius 3 is 1.86 bits per heavy atom. The van der Waals surface area contributed by atoms with Crippen molar-refractivity contribution in [3.8, 4) is 0 Å². The zero-order chi connectivity index (χ0) is 5.86. The largest absolute Gasteiger partial charge is 0.273 e. The molecule has 0 unspecified atom stereocenters. The van der Waals surface area contributed by atoms with Gasteiger partial charge in [-0.2, -0.15) is 0 Å². The van der Waals surface area contributed by atoms with Gasteiger partial charge in [-0.15, -0.1) is 0 Å². The van der Waals surface area contributed by atoms with Crippen LogP contribution in [0.3, 0.4) is 0 Å². The second-order valence-corrected chi connectivity index (χ2v) is 1.67. The Labute approximate surface area is 55.9 Å². The van der Waals surface area contributed by atoms with E-state index in [2.05, 4.69) is 0 Å². The minimum Gasteiger partial charge on any atom is -0.214 e. The van der Waals surface area contributed by atoms with Crippen LogP contribution in [-0.4, -0.2) is 0 Å². The van der Waals surface area contributed by atoms with Gasteiger partial charge in [0.1, 0.15) is 0 Å². The molecule has 0 atom stereocenters. The van der Waals surface area contributed by atoms with Crippen molar-refractivity contribution in [3.05, 3.63) is 16.2 Å². The number of rotatable bonds is 1. The highest BCUT2D eigenvalue weighted by Crippen LogP contribution is 2.23. The quantitative estimate of drug-likeness (QED) is 0.556. The normalized spacial score (nSPS) is 13.0. The molecule has 0 amide bonds. The Morgan fingerprint density at radius 1 is 1.43 bits per heavy atom. The molecule has 0 aliphatic carbocycles. The van der Waals surface area contributed by atoms with Gasteiger partial charge in [-0.25, -0.2) is 4.39 Å². The molecule has 0 aliphatic heterocycles. The number of halogens is 4. The Bertz CT molecular complexity index is 78.2. The monoisotopic (exact) mass is 161 g/mol. The lowest BCUT2D eigenvalue weighted by atomic mass is 10.7. The molecule has 7 heavy (non-hydrogen) atoms. The molecule has 4 heteroatoms. The van der Waals surface area contributed by atoms with Gasteiger partial charge < -0.3 is 0 Å². The molecule has 0 saturated carbocycles. The zero-order valence-electron chi connectivity index (χ0n) is 3.09.